The lowest BCUT2D eigenvalue weighted by Gasteiger charge is -2.62. The van der Waals surface area contributed by atoms with Crippen LogP contribution in [0.15, 0.2) is 11.6 Å². The van der Waals surface area contributed by atoms with Crippen LogP contribution in [0.25, 0.3) is 0 Å². The molecule has 0 heterocycles. The van der Waals surface area contributed by atoms with Crippen LogP contribution in [0, 0.1) is 22.7 Å². The molecule has 0 unspecified atom stereocenters. The highest BCUT2D eigenvalue weighted by atomic mass is 16.3. The zero-order valence-electron chi connectivity index (χ0n) is 14.1. The Bertz CT molecular complexity index is 584. The Hall–Kier alpha value is -0.710. The minimum Gasteiger partial charge on any atom is -0.393 e. The van der Waals surface area contributed by atoms with Crippen molar-refractivity contribution in [2.75, 3.05) is 0 Å². The van der Waals surface area contributed by atoms with Crippen LogP contribution in [0.4, 0.5) is 0 Å². The van der Waals surface area contributed by atoms with Crippen molar-refractivity contribution in [1.82, 2.24) is 0 Å². The molecule has 4 aliphatic rings. The summed E-state index contributed by atoms with van der Waals surface area (Å²) in [4.78, 5) is 12.4. The molecule has 7 atom stereocenters. The molecule has 4 heteroatoms. The Morgan fingerprint density at radius 3 is 2.61 bits per heavy atom. The van der Waals surface area contributed by atoms with E-state index in [-0.39, 0.29) is 28.8 Å². The molecule has 0 saturated heterocycles. The van der Waals surface area contributed by atoms with Crippen LogP contribution in [0.2, 0.25) is 0 Å². The highest BCUT2D eigenvalue weighted by Crippen LogP contribution is 2.65. The summed E-state index contributed by atoms with van der Waals surface area (Å²) in [6.07, 6.45) is 5.41. The molecule has 3 N–H and O–H groups in total. The Morgan fingerprint density at radius 1 is 1.13 bits per heavy atom. The second-order valence-corrected chi connectivity index (χ2v) is 8.85. The minimum atomic E-state index is -0.967. The lowest BCUT2D eigenvalue weighted by Crippen LogP contribution is -2.66. The quantitative estimate of drug-likeness (QED) is 0.596. The van der Waals surface area contributed by atoms with Crippen LogP contribution in [0.5, 0.6) is 0 Å². The van der Waals surface area contributed by atoms with Gasteiger partial charge in [0.2, 0.25) is 0 Å². The average molecular weight is 320 g/mol. The summed E-state index contributed by atoms with van der Waals surface area (Å²) in [5, 5.41) is 32.6. The first-order valence-electron chi connectivity index (χ1n) is 9.05. The lowest BCUT2D eigenvalue weighted by atomic mass is 9.45. The van der Waals surface area contributed by atoms with Gasteiger partial charge in [0.1, 0.15) is 5.78 Å². The fourth-order valence-electron chi connectivity index (χ4n) is 6.37. The Balaban J connectivity index is 1.81. The number of hydrogen-bond donors (Lipinski definition) is 3. The predicted molar refractivity (Wildman–Crippen MR) is 85.6 cm³/mol. The van der Waals surface area contributed by atoms with Crippen molar-refractivity contribution in [3.63, 3.8) is 0 Å². The van der Waals surface area contributed by atoms with E-state index in [0.717, 1.165) is 18.4 Å². The molecule has 128 valence electrons. The third-order valence-electron chi connectivity index (χ3n) is 7.99. The van der Waals surface area contributed by atoms with Crippen LogP contribution >= 0.6 is 0 Å². The van der Waals surface area contributed by atoms with Gasteiger partial charge in [0.25, 0.3) is 0 Å². The summed E-state index contributed by atoms with van der Waals surface area (Å²) in [6, 6.07) is 0. The Labute approximate surface area is 137 Å². The summed E-state index contributed by atoms with van der Waals surface area (Å²) < 4.78 is 0. The molecule has 4 aliphatic carbocycles. The normalized spacial score (nSPS) is 55.7. The number of aliphatic hydroxyl groups is 3. The van der Waals surface area contributed by atoms with Crippen LogP contribution in [-0.2, 0) is 4.79 Å². The molecule has 0 bridgehead atoms. The van der Waals surface area contributed by atoms with Gasteiger partial charge in [0.15, 0.2) is 0 Å². The van der Waals surface area contributed by atoms with Gasteiger partial charge in [-0.3, -0.25) is 4.79 Å². The Morgan fingerprint density at radius 2 is 1.87 bits per heavy atom. The average Bonchev–Trinajstić information content (AvgIpc) is 2.78. The zero-order valence-corrected chi connectivity index (χ0v) is 14.1. The molecule has 3 fully saturated rings. The van der Waals surface area contributed by atoms with Crippen LogP contribution in [0.1, 0.15) is 58.8 Å². The van der Waals surface area contributed by atoms with E-state index in [1.54, 1.807) is 0 Å². The van der Waals surface area contributed by atoms with E-state index in [1.807, 2.05) is 13.0 Å². The number of hydrogen-bond acceptors (Lipinski definition) is 4. The second kappa shape index (κ2) is 4.68. The highest BCUT2D eigenvalue weighted by molar-refractivity contribution is 5.87. The molecule has 0 aliphatic heterocycles. The summed E-state index contributed by atoms with van der Waals surface area (Å²) in [7, 11) is 0. The number of fused-ring (bicyclic) bond motifs is 5. The SMILES string of the molecule is C[C@]12CC[C@H](O)CC1=C[C@@H](O)[C@H]1[C@@H]3CCC(=O)[C@@]3(C)CC[C@@]12O. The van der Waals surface area contributed by atoms with E-state index in [0.29, 0.717) is 37.9 Å². The fourth-order valence-corrected chi connectivity index (χ4v) is 6.37. The third-order valence-corrected chi connectivity index (χ3v) is 7.99. The van der Waals surface area contributed by atoms with E-state index in [4.69, 9.17) is 0 Å². The molecule has 4 nitrogen and oxygen atoms in total. The van der Waals surface area contributed by atoms with E-state index in [2.05, 4.69) is 6.92 Å². The van der Waals surface area contributed by atoms with E-state index in [9.17, 15) is 20.1 Å². The van der Waals surface area contributed by atoms with Crippen LogP contribution in [-0.4, -0.2) is 38.9 Å². The number of Topliss-reactive ketones (excluding diaryl/α,β-unsaturated/α-hetero) is 1. The van der Waals surface area contributed by atoms with Gasteiger partial charge < -0.3 is 15.3 Å². The zero-order chi connectivity index (χ0) is 16.6. The standard InChI is InChI=1S/C19H28O4/c1-17-7-8-19(23)16(13(17)3-4-15(17)22)14(21)10-11-9-12(20)5-6-18(11,19)2/h10,12-14,16,20-21,23H,3-9H2,1-2H3/t12-,13-,14+,16+,17-,18-,19+/m0/s1. The summed E-state index contributed by atoms with van der Waals surface area (Å²) in [6.45, 7) is 4.13. The maximum Gasteiger partial charge on any atom is 0.139 e. The first-order valence-corrected chi connectivity index (χ1v) is 9.05. The van der Waals surface area contributed by atoms with Crippen molar-refractivity contribution in [1.29, 1.82) is 0 Å². The van der Waals surface area contributed by atoms with Gasteiger partial charge in [-0.25, -0.2) is 0 Å². The van der Waals surface area contributed by atoms with Crippen molar-refractivity contribution >= 4 is 5.78 Å². The molecule has 4 rings (SSSR count). The van der Waals surface area contributed by atoms with Gasteiger partial charge in [0.05, 0.1) is 17.8 Å². The summed E-state index contributed by atoms with van der Waals surface area (Å²) in [5.41, 5.74) is -0.724. The molecule has 0 aromatic carbocycles. The first kappa shape index (κ1) is 15.8. The summed E-state index contributed by atoms with van der Waals surface area (Å²) in [5.74, 6) is 0.0951. The first-order chi connectivity index (χ1) is 10.7. The smallest absolute Gasteiger partial charge is 0.139 e. The number of carbonyl (C=O) groups excluding carboxylic acids is 1. The van der Waals surface area contributed by atoms with Gasteiger partial charge >= 0.3 is 0 Å². The molecule has 0 amide bonds. The van der Waals surface area contributed by atoms with Crippen LogP contribution < -0.4 is 0 Å². The van der Waals surface area contributed by atoms with Crippen molar-refractivity contribution in [2.24, 2.45) is 22.7 Å². The maximum absolute atomic E-state index is 12.4. The molecule has 0 spiro atoms. The molecular weight excluding hydrogens is 292 g/mol. The molecule has 3 saturated carbocycles. The van der Waals surface area contributed by atoms with Gasteiger partial charge in [-0.05, 0) is 44.4 Å². The summed E-state index contributed by atoms with van der Waals surface area (Å²) >= 11 is 0. The highest BCUT2D eigenvalue weighted by Gasteiger charge is 2.67. The number of rotatable bonds is 0. The van der Waals surface area contributed by atoms with Crippen molar-refractivity contribution < 1.29 is 20.1 Å². The van der Waals surface area contributed by atoms with Gasteiger partial charge in [-0.15, -0.1) is 0 Å². The molecular formula is C19H28O4. The van der Waals surface area contributed by atoms with Crippen molar-refractivity contribution in [3.05, 3.63) is 11.6 Å². The fraction of sp³-hybridized carbons (Fsp3) is 0.842. The van der Waals surface area contributed by atoms with Gasteiger partial charge in [0, 0.05) is 23.2 Å². The minimum absolute atomic E-state index is 0.0604. The predicted octanol–water partition coefficient (Wildman–Crippen LogP) is 1.96. The van der Waals surface area contributed by atoms with Crippen molar-refractivity contribution in [3.8, 4) is 0 Å². The lowest BCUT2D eigenvalue weighted by molar-refractivity contribution is -0.206. The maximum atomic E-state index is 12.4. The van der Waals surface area contributed by atoms with E-state index < -0.39 is 11.7 Å². The topological polar surface area (TPSA) is 77.8 Å². The molecule has 23 heavy (non-hydrogen) atoms. The van der Waals surface area contributed by atoms with Crippen LogP contribution in [0.3, 0.4) is 0 Å². The molecule has 0 aromatic rings. The van der Waals surface area contributed by atoms with E-state index >= 15 is 0 Å². The number of aliphatic hydroxyl groups excluding tert-OH is 2. The van der Waals surface area contributed by atoms with E-state index in [1.165, 1.54) is 0 Å². The van der Waals surface area contributed by atoms with Crippen molar-refractivity contribution in [2.45, 2.75) is 76.6 Å². The van der Waals surface area contributed by atoms with Gasteiger partial charge in [-0.1, -0.05) is 25.5 Å². The van der Waals surface area contributed by atoms with Gasteiger partial charge in [-0.2, -0.15) is 0 Å². The molecule has 0 aromatic heterocycles. The third kappa shape index (κ3) is 1.80. The monoisotopic (exact) mass is 320 g/mol. The molecule has 0 radical (unpaired) electrons. The largest absolute Gasteiger partial charge is 0.393 e. The number of carbonyl (C=O) groups is 1. The second-order valence-electron chi connectivity index (χ2n) is 8.85. The number of ketones is 1. The Kier molecular flexibility index (Phi) is 3.21.